The molecule has 0 saturated carbocycles. The molecule has 0 amide bonds. The lowest BCUT2D eigenvalue weighted by atomic mass is 10.2. The predicted molar refractivity (Wildman–Crippen MR) is 63.7 cm³/mol. The first-order chi connectivity index (χ1) is 8.34. The second-order valence-electron chi connectivity index (χ2n) is 3.23. The molecule has 0 aliphatic rings. The monoisotopic (exact) mass is 237 g/mol. The summed E-state index contributed by atoms with van der Waals surface area (Å²) in [5.41, 5.74) is 0.549. The molecule has 0 unspecified atom stereocenters. The van der Waals surface area contributed by atoms with Crippen molar-refractivity contribution in [3.63, 3.8) is 0 Å². The molecular formula is C13H17O4. The van der Waals surface area contributed by atoms with Gasteiger partial charge < -0.3 is 14.2 Å². The van der Waals surface area contributed by atoms with Gasteiger partial charge in [-0.3, -0.25) is 0 Å². The Labute approximate surface area is 101 Å². The summed E-state index contributed by atoms with van der Waals surface area (Å²) in [6.45, 7) is 5.58. The standard InChI is InChI=1S/C13H17O4/c1-2-15-8-9-16-10-11-17-13(14)12-6-4-3-5-7-12/h3-7H,1-2,8-11H2. The van der Waals surface area contributed by atoms with Gasteiger partial charge in [0, 0.05) is 6.61 Å². The number of carbonyl (C=O) groups excluding carboxylic acids is 1. The summed E-state index contributed by atoms with van der Waals surface area (Å²) in [6.07, 6.45) is 0. The van der Waals surface area contributed by atoms with E-state index in [1.807, 2.05) is 6.07 Å². The number of ether oxygens (including phenoxy) is 3. The highest BCUT2D eigenvalue weighted by Gasteiger charge is 2.04. The van der Waals surface area contributed by atoms with E-state index in [-0.39, 0.29) is 12.6 Å². The molecule has 0 spiro atoms. The topological polar surface area (TPSA) is 44.8 Å². The highest BCUT2D eigenvalue weighted by Crippen LogP contribution is 2.00. The molecule has 0 bridgehead atoms. The molecular weight excluding hydrogens is 220 g/mol. The van der Waals surface area contributed by atoms with E-state index in [0.29, 0.717) is 32.0 Å². The fraction of sp³-hybridized carbons (Fsp3) is 0.385. The van der Waals surface area contributed by atoms with E-state index in [1.165, 1.54) is 0 Å². The van der Waals surface area contributed by atoms with Gasteiger partial charge in [0.05, 0.1) is 25.4 Å². The van der Waals surface area contributed by atoms with E-state index in [0.717, 1.165) is 0 Å². The Hall–Kier alpha value is -1.39. The van der Waals surface area contributed by atoms with Crippen molar-refractivity contribution < 1.29 is 19.0 Å². The number of esters is 1. The molecule has 0 aliphatic carbocycles. The number of hydrogen-bond acceptors (Lipinski definition) is 4. The third-order valence-corrected chi connectivity index (χ3v) is 1.99. The van der Waals surface area contributed by atoms with E-state index in [4.69, 9.17) is 14.2 Å². The molecule has 1 aromatic carbocycles. The van der Waals surface area contributed by atoms with Crippen LogP contribution in [0.2, 0.25) is 0 Å². The van der Waals surface area contributed by atoms with Gasteiger partial charge in [-0.2, -0.15) is 0 Å². The average Bonchev–Trinajstić information content (AvgIpc) is 2.38. The van der Waals surface area contributed by atoms with E-state index in [1.54, 1.807) is 24.3 Å². The fourth-order valence-electron chi connectivity index (χ4n) is 1.17. The van der Waals surface area contributed by atoms with Crippen LogP contribution in [0.25, 0.3) is 0 Å². The van der Waals surface area contributed by atoms with Crippen LogP contribution in [-0.2, 0) is 14.2 Å². The van der Waals surface area contributed by atoms with E-state index in [9.17, 15) is 4.79 Å². The van der Waals surface area contributed by atoms with Crippen molar-refractivity contribution in [1.82, 2.24) is 0 Å². The van der Waals surface area contributed by atoms with Crippen molar-refractivity contribution >= 4 is 5.97 Å². The molecule has 93 valence electrons. The highest BCUT2D eigenvalue weighted by atomic mass is 16.6. The number of rotatable bonds is 8. The van der Waals surface area contributed by atoms with Crippen LogP contribution in [0.15, 0.2) is 30.3 Å². The van der Waals surface area contributed by atoms with Crippen molar-refractivity contribution in [2.45, 2.75) is 0 Å². The van der Waals surface area contributed by atoms with Crippen LogP contribution >= 0.6 is 0 Å². The Morgan fingerprint density at radius 1 is 1.00 bits per heavy atom. The average molecular weight is 237 g/mol. The maximum absolute atomic E-state index is 11.5. The zero-order valence-electron chi connectivity index (χ0n) is 9.76. The SMILES string of the molecule is [CH2]COCCOCCOC(=O)c1ccccc1. The van der Waals surface area contributed by atoms with Gasteiger partial charge in [0.15, 0.2) is 0 Å². The van der Waals surface area contributed by atoms with Gasteiger partial charge in [-0.25, -0.2) is 4.79 Å². The quantitative estimate of drug-likeness (QED) is 0.510. The minimum atomic E-state index is -0.330. The van der Waals surface area contributed by atoms with Crippen LogP contribution < -0.4 is 0 Å². The first kappa shape index (κ1) is 13.7. The van der Waals surface area contributed by atoms with Crippen LogP contribution in [-0.4, -0.2) is 39.0 Å². The van der Waals surface area contributed by atoms with Crippen molar-refractivity contribution in [3.05, 3.63) is 42.8 Å². The molecule has 0 aromatic heterocycles. The Morgan fingerprint density at radius 2 is 1.65 bits per heavy atom. The smallest absolute Gasteiger partial charge is 0.338 e. The lowest BCUT2D eigenvalue weighted by Crippen LogP contribution is -2.12. The van der Waals surface area contributed by atoms with Crippen LogP contribution in [0.4, 0.5) is 0 Å². The molecule has 0 aliphatic heterocycles. The number of benzene rings is 1. The maximum Gasteiger partial charge on any atom is 0.338 e. The molecule has 17 heavy (non-hydrogen) atoms. The van der Waals surface area contributed by atoms with Gasteiger partial charge in [-0.15, -0.1) is 0 Å². The molecule has 0 N–H and O–H groups in total. The molecule has 0 heterocycles. The van der Waals surface area contributed by atoms with Crippen molar-refractivity contribution in [2.24, 2.45) is 0 Å². The fourth-order valence-corrected chi connectivity index (χ4v) is 1.17. The predicted octanol–water partition coefficient (Wildman–Crippen LogP) is 1.71. The number of carbonyl (C=O) groups is 1. The summed E-state index contributed by atoms with van der Waals surface area (Å²) in [4.78, 5) is 11.5. The third kappa shape index (κ3) is 6.04. The summed E-state index contributed by atoms with van der Waals surface area (Å²) < 4.78 is 15.2. The maximum atomic E-state index is 11.5. The molecule has 1 rings (SSSR count). The van der Waals surface area contributed by atoms with E-state index in [2.05, 4.69) is 6.92 Å². The summed E-state index contributed by atoms with van der Waals surface area (Å²) in [6, 6.07) is 8.87. The Morgan fingerprint density at radius 3 is 2.35 bits per heavy atom. The van der Waals surface area contributed by atoms with E-state index >= 15 is 0 Å². The summed E-state index contributed by atoms with van der Waals surface area (Å²) in [5, 5.41) is 0. The van der Waals surface area contributed by atoms with Gasteiger partial charge in [0.2, 0.25) is 0 Å². The molecule has 1 aromatic rings. The van der Waals surface area contributed by atoms with E-state index < -0.39 is 0 Å². The largest absolute Gasteiger partial charge is 0.460 e. The second-order valence-corrected chi connectivity index (χ2v) is 3.23. The van der Waals surface area contributed by atoms with Gasteiger partial charge in [-0.05, 0) is 19.1 Å². The normalized spacial score (nSPS) is 10.2. The van der Waals surface area contributed by atoms with Gasteiger partial charge in [-0.1, -0.05) is 18.2 Å². The Balaban J connectivity index is 2.05. The van der Waals surface area contributed by atoms with Crippen LogP contribution in [0.3, 0.4) is 0 Å². The Bertz CT molecular complexity index is 310. The van der Waals surface area contributed by atoms with Crippen molar-refractivity contribution in [2.75, 3.05) is 33.0 Å². The summed E-state index contributed by atoms with van der Waals surface area (Å²) >= 11 is 0. The third-order valence-electron chi connectivity index (χ3n) is 1.99. The first-order valence-electron chi connectivity index (χ1n) is 5.51. The molecule has 0 atom stereocenters. The molecule has 0 fully saturated rings. The number of hydrogen-bond donors (Lipinski definition) is 0. The van der Waals surface area contributed by atoms with Crippen molar-refractivity contribution in [1.29, 1.82) is 0 Å². The van der Waals surface area contributed by atoms with Gasteiger partial charge in [0.25, 0.3) is 0 Å². The van der Waals surface area contributed by atoms with Crippen LogP contribution in [0, 0.1) is 6.92 Å². The zero-order valence-corrected chi connectivity index (χ0v) is 9.76. The lowest BCUT2D eigenvalue weighted by Gasteiger charge is -2.06. The Kier molecular flexibility index (Phi) is 7.02. The minimum Gasteiger partial charge on any atom is -0.460 e. The second kappa shape index (κ2) is 8.73. The van der Waals surface area contributed by atoms with Gasteiger partial charge >= 0.3 is 5.97 Å². The van der Waals surface area contributed by atoms with Crippen LogP contribution in [0.1, 0.15) is 10.4 Å². The molecule has 4 nitrogen and oxygen atoms in total. The highest BCUT2D eigenvalue weighted by molar-refractivity contribution is 5.89. The minimum absolute atomic E-state index is 0.248. The van der Waals surface area contributed by atoms with Crippen LogP contribution in [0.5, 0.6) is 0 Å². The zero-order chi connectivity index (χ0) is 12.3. The lowest BCUT2D eigenvalue weighted by molar-refractivity contribution is 0.0179. The molecule has 1 radical (unpaired) electrons. The van der Waals surface area contributed by atoms with Gasteiger partial charge in [0.1, 0.15) is 6.61 Å². The summed E-state index contributed by atoms with van der Waals surface area (Å²) in [7, 11) is 0. The molecule has 4 heteroatoms. The molecule has 0 saturated heterocycles. The first-order valence-corrected chi connectivity index (χ1v) is 5.51. The summed E-state index contributed by atoms with van der Waals surface area (Å²) in [5.74, 6) is -0.330. The van der Waals surface area contributed by atoms with Crippen molar-refractivity contribution in [3.8, 4) is 0 Å².